The maximum absolute atomic E-state index is 6.19. The minimum Gasteiger partial charge on any atom is -0.493 e. The summed E-state index contributed by atoms with van der Waals surface area (Å²) >= 11 is 1.93. The molecule has 0 atom stereocenters. The van der Waals surface area contributed by atoms with Crippen molar-refractivity contribution in [3.63, 3.8) is 0 Å². The molecule has 1 aromatic rings. The first-order valence-corrected chi connectivity index (χ1v) is 8.06. The van der Waals surface area contributed by atoms with Crippen LogP contribution in [0.4, 0.5) is 0 Å². The quantitative estimate of drug-likeness (QED) is 0.899. The van der Waals surface area contributed by atoms with Crippen molar-refractivity contribution in [3.8, 4) is 11.5 Å². The second kappa shape index (κ2) is 5.25. The van der Waals surface area contributed by atoms with E-state index < -0.39 is 0 Å². The van der Waals surface area contributed by atoms with Gasteiger partial charge in [-0.25, -0.2) is 0 Å². The fourth-order valence-corrected chi connectivity index (χ4v) is 3.42. The predicted molar refractivity (Wildman–Crippen MR) is 79.3 cm³/mol. The summed E-state index contributed by atoms with van der Waals surface area (Å²) in [4.78, 5) is 0. The zero-order valence-corrected chi connectivity index (χ0v) is 12.2. The minimum atomic E-state index is 0.112. The average molecular weight is 279 g/mol. The van der Waals surface area contributed by atoms with Crippen LogP contribution in [-0.2, 0) is 5.41 Å². The van der Waals surface area contributed by atoms with Gasteiger partial charge in [0.05, 0.1) is 7.11 Å². The Morgan fingerprint density at radius 2 is 2.16 bits per heavy atom. The fraction of sp³-hybridized carbons (Fsp3) is 0.600. The molecular weight excluding hydrogens is 258 g/mol. The van der Waals surface area contributed by atoms with E-state index in [1.54, 1.807) is 7.11 Å². The molecule has 2 N–H and O–H groups in total. The van der Waals surface area contributed by atoms with Crippen LogP contribution in [0, 0.1) is 0 Å². The van der Waals surface area contributed by atoms with E-state index in [1.165, 1.54) is 12.0 Å². The maximum atomic E-state index is 6.19. The van der Waals surface area contributed by atoms with Crippen LogP contribution in [0.1, 0.15) is 24.8 Å². The summed E-state index contributed by atoms with van der Waals surface area (Å²) < 4.78 is 11.7. The van der Waals surface area contributed by atoms with Crippen LogP contribution >= 0.6 is 11.8 Å². The molecule has 0 spiro atoms. The average Bonchev–Trinajstić information content (AvgIpc) is 2.34. The largest absolute Gasteiger partial charge is 0.493 e. The Balaban J connectivity index is 1.97. The van der Waals surface area contributed by atoms with Gasteiger partial charge in [-0.15, -0.1) is 0 Å². The van der Waals surface area contributed by atoms with Gasteiger partial charge in [-0.1, -0.05) is 18.6 Å². The van der Waals surface area contributed by atoms with Crippen molar-refractivity contribution in [2.24, 2.45) is 5.73 Å². The van der Waals surface area contributed by atoms with Crippen LogP contribution in [-0.4, -0.2) is 31.3 Å². The van der Waals surface area contributed by atoms with Gasteiger partial charge in [-0.3, -0.25) is 0 Å². The second-order valence-electron chi connectivity index (χ2n) is 5.45. The van der Waals surface area contributed by atoms with Crippen molar-refractivity contribution in [1.82, 2.24) is 0 Å². The maximum Gasteiger partial charge on any atom is 0.165 e. The van der Waals surface area contributed by atoms with Gasteiger partial charge >= 0.3 is 0 Å². The normalized spacial score (nSPS) is 21.4. The van der Waals surface area contributed by atoms with Crippen LogP contribution < -0.4 is 15.2 Å². The van der Waals surface area contributed by atoms with Gasteiger partial charge in [-0.2, -0.15) is 11.8 Å². The molecule has 1 saturated carbocycles. The van der Waals surface area contributed by atoms with Crippen LogP contribution in [0.3, 0.4) is 0 Å². The van der Waals surface area contributed by atoms with E-state index in [2.05, 4.69) is 6.07 Å². The molecule has 0 bridgehead atoms. The summed E-state index contributed by atoms with van der Waals surface area (Å²) in [7, 11) is 1.71. The van der Waals surface area contributed by atoms with E-state index in [-0.39, 0.29) is 5.41 Å². The van der Waals surface area contributed by atoms with E-state index in [1.807, 2.05) is 23.9 Å². The first-order chi connectivity index (χ1) is 9.29. The molecule has 0 aromatic heterocycles. The predicted octanol–water partition coefficient (Wildman–Crippen LogP) is 2.57. The molecule has 3 rings (SSSR count). The fourth-order valence-electron chi connectivity index (χ4n) is 2.85. The Morgan fingerprint density at radius 1 is 1.37 bits per heavy atom. The first kappa shape index (κ1) is 13.1. The van der Waals surface area contributed by atoms with E-state index in [4.69, 9.17) is 15.2 Å². The van der Waals surface area contributed by atoms with Crippen molar-refractivity contribution in [2.75, 3.05) is 25.2 Å². The summed E-state index contributed by atoms with van der Waals surface area (Å²) in [5.74, 6) is 3.93. The number of nitrogens with two attached hydrogens (primary N) is 1. The molecule has 3 nitrogen and oxygen atoms in total. The third kappa shape index (κ3) is 2.21. The van der Waals surface area contributed by atoms with E-state index >= 15 is 0 Å². The van der Waals surface area contributed by atoms with Gasteiger partial charge in [0.1, 0.15) is 6.10 Å². The second-order valence-corrected chi connectivity index (χ2v) is 6.53. The van der Waals surface area contributed by atoms with Crippen molar-refractivity contribution in [3.05, 3.63) is 23.8 Å². The number of hydrogen-bond acceptors (Lipinski definition) is 4. The van der Waals surface area contributed by atoms with E-state index in [0.29, 0.717) is 12.6 Å². The molecule has 1 aliphatic carbocycles. The molecule has 4 heteroatoms. The van der Waals surface area contributed by atoms with Crippen LogP contribution in [0.25, 0.3) is 0 Å². The topological polar surface area (TPSA) is 44.5 Å². The molecule has 1 heterocycles. The number of ether oxygens (including phenoxy) is 2. The standard InChI is InChI=1S/C15H21NO2S/c1-17-13-5-2-4-12(15(10-16)6-3-7-15)14(13)18-11-8-19-9-11/h2,4-5,11H,3,6-10,16H2,1H3. The molecule has 1 saturated heterocycles. The lowest BCUT2D eigenvalue weighted by molar-refractivity contribution is 0.201. The van der Waals surface area contributed by atoms with Crippen LogP contribution in [0.2, 0.25) is 0 Å². The molecule has 0 radical (unpaired) electrons. The third-order valence-corrected chi connectivity index (χ3v) is 5.58. The Kier molecular flexibility index (Phi) is 3.63. The monoisotopic (exact) mass is 279 g/mol. The number of para-hydroxylation sites is 1. The lowest BCUT2D eigenvalue weighted by Crippen LogP contribution is -2.42. The van der Waals surface area contributed by atoms with Gasteiger partial charge in [-0.05, 0) is 18.9 Å². The number of benzene rings is 1. The Hall–Kier alpha value is -0.870. The lowest BCUT2D eigenvalue weighted by Gasteiger charge is -2.43. The molecule has 0 unspecified atom stereocenters. The highest BCUT2D eigenvalue weighted by atomic mass is 32.2. The summed E-state index contributed by atoms with van der Waals surface area (Å²) in [5, 5.41) is 0. The number of hydrogen-bond donors (Lipinski definition) is 1. The highest BCUT2D eigenvalue weighted by Gasteiger charge is 2.40. The number of thioether (sulfide) groups is 1. The zero-order chi connectivity index (χ0) is 13.3. The number of methoxy groups -OCH3 is 1. The van der Waals surface area contributed by atoms with E-state index in [0.717, 1.165) is 35.8 Å². The van der Waals surface area contributed by atoms with Crippen molar-refractivity contribution in [1.29, 1.82) is 0 Å². The lowest BCUT2D eigenvalue weighted by atomic mass is 9.64. The summed E-state index contributed by atoms with van der Waals surface area (Å²) in [5.41, 5.74) is 7.40. The summed E-state index contributed by atoms with van der Waals surface area (Å²) in [6.45, 7) is 0.690. The molecule has 19 heavy (non-hydrogen) atoms. The molecule has 2 aliphatic rings. The van der Waals surface area contributed by atoms with Gasteiger partial charge in [0.25, 0.3) is 0 Å². The van der Waals surface area contributed by atoms with Crippen molar-refractivity contribution >= 4 is 11.8 Å². The zero-order valence-electron chi connectivity index (χ0n) is 11.4. The Bertz CT molecular complexity index is 450. The van der Waals surface area contributed by atoms with Crippen LogP contribution in [0.5, 0.6) is 11.5 Å². The van der Waals surface area contributed by atoms with Gasteiger partial charge in [0, 0.05) is 29.0 Å². The van der Waals surface area contributed by atoms with Gasteiger partial charge < -0.3 is 15.2 Å². The van der Waals surface area contributed by atoms with Crippen molar-refractivity contribution in [2.45, 2.75) is 30.8 Å². The van der Waals surface area contributed by atoms with Gasteiger partial charge in [0.2, 0.25) is 0 Å². The molecular formula is C15H21NO2S. The molecule has 1 aliphatic heterocycles. The molecule has 1 aromatic carbocycles. The van der Waals surface area contributed by atoms with Gasteiger partial charge in [0.15, 0.2) is 11.5 Å². The van der Waals surface area contributed by atoms with Crippen molar-refractivity contribution < 1.29 is 9.47 Å². The Morgan fingerprint density at radius 3 is 2.63 bits per heavy atom. The molecule has 0 amide bonds. The smallest absolute Gasteiger partial charge is 0.165 e. The number of rotatable bonds is 5. The first-order valence-electron chi connectivity index (χ1n) is 6.91. The molecule has 2 fully saturated rings. The molecule has 104 valence electrons. The Labute approximate surface area is 118 Å². The van der Waals surface area contributed by atoms with E-state index in [9.17, 15) is 0 Å². The highest BCUT2D eigenvalue weighted by molar-refractivity contribution is 8.00. The third-order valence-electron chi connectivity index (χ3n) is 4.36. The minimum absolute atomic E-state index is 0.112. The van der Waals surface area contributed by atoms with Crippen LogP contribution in [0.15, 0.2) is 18.2 Å². The summed E-state index contributed by atoms with van der Waals surface area (Å²) in [6.07, 6.45) is 3.90. The SMILES string of the molecule is COc1cccc(C2(CN)CCC2)c1OC1CSC1. The highest BCUT2D eigenvalue weighted by Crippen LogP contribution is 2.49. The summed E-state index contributed by atoms with van der Waals surface area (Å²) in [6, 6.07) is 6.19.